The van der Waals surface area contributed by atoms with Crippen molar-refractivity contribution < 1.29 is 9.47 Å². The second-order valence-electron chi connectivity index (χ2n) is 6.53. The number of ether oxygens (including phenoxy) is 2. The highest BCUT2D eigenvalue weighted by molar-refractivity contribution is 7.10. The number of para-hydroxylation sites is 1. The van der Waals surface area contributed by atoms with Gasteiger partial charge in [0.25, 0.3) is 0 Å². The summed E-state index contributed by atoms with van der Waals surface area (Å²) in [6, 6.07) is 11.1. The van der Waals surface area contributed by atoms with E-state index in [1.165, 1.54) is 34.7 Å². The molecule has 0 amide bonds. The van der Waals surface area contributed by atoms with Gasteiger partial charge in [0.15, 0.2) is 6.29 Å². The topological polar surface area (TPSA) is 21.7 Å². The maximum atomic E-state index is 5.92. The highest BCUT2D eigenvalue weighted by Gasteiger charge is 2.21. The van der Waals surface area contributed by atoms with Crippen LogP contribution >= 0.6 is 11.3 Å². The third-order valence-corrected chi connectivity index (χ3v) is 5.85. The average molecular weight is 343 g/mol. The minimum Gasteiger partial charge on any atom is -0.353 e. The lowest BCUT2D eigenvalue weighted by Crippen LogP contribution is -2.25. The first-order valence-electron chi connectivity index (χ1n) is 9.07. The van der Waals surface area contributed by atoms with Crippen LogP contribution in [0.15, 0.2) is 35.7 Å². The largest absolute Gasteiger partial charge is 0.353 e. The van der Waals surface area contributed by atoms with Crippen LogP contribution in [0.3, 0.4) is 0 Å². The maximum absolute atomic E-state index is 5.92. The number of anilines is 2. The smallest absolute Gasteiger partial charge is 0.157 e. The molecule has 3 nitrogen and oxygen atoms in total. The van der Waals surface area contributed by atoms with Gasteiger partial charge in [0.05, 0.1) is 12.3 Å². The summed E-state index contributed by atoms with van der Waals surface area (Å²) in [5.74, 6) is 0. The lowest BCUT2D eigenvalue weighted by atomic mass is 10.1. The molecule has 1 aromatic heterocycles. The van der Waals surface area contributed by atoms with Crippen LogP contribution in [0, 0.1) is 0 Å². The molecule has 0 saturated carbocycles. The van der Waals surface area contributed by atoms with E-state index in [0.29, 0.717) is 0 Å². The zero-order chi connectivity index (χ0) is 16.2. The van der Waals surface area contributed by atoms with Crippen molar-refractivity contribution >= 4 is 22.7 Å². The van der Waals surface area contributed by atoms with E-state index in [-0.39, 0.29) is 6.29 Å². The number of hydrogen-bond donors (Lipinski definition) is 0. The second-order valence-corrected chi connectivity index (χ2v) is 7.53. The monoisotopic (exact) mass is 343 g/mol. The normalized spacial score (nSPS) is 20.3. The van der Waals surface area contributed by atoms with E-state index >= 15 is 0 Å². The summed E-state index contributed by atoms with van der Waals surface area (Å²) in [6.45, 7) is 2.61. The third kappa shape index (κ3) is 3.51. The molecule has 4 heteroatoms. The predicted octanol–water partition coefficient (Wildman–Crippen LogP) is 4.92. The number of thiophene rings is 1. The highest BCUT2D eigenvalue weighted by atomic mass is 32.1. The third-order valence-electron chi connectivity index (χ3n) is 4.88. The summed E-state index contributed by atoms with van der Waals surface area (Å²) in [7, 11) is 0. The fourth-order valence-corrected chi connectivity index (χ4v) is 4.53. The number of hydrogen-bond acceptors (Lipinski definition) is 4. The van der Waals surface area contributed by atoms with Crippen molar-refractivity contribution in [2.75, 3.05) is 24.7 Å². The Hall–Kier alpha value is -1.36. The standard InChI is InChI=1S/C20H25NO2S/c1-2-7-17-16(6-1)9-10-19-18(11-15-24-19)21(17)12-5-14-23-20-8-3-4-13-22-20/h1-2,6-7,11,15,20H,3-5,8-10,12-14H2. The van der Waals surface area contributed by atoms with Crippen LogP contribution in [0.1, 0.15) is 36.1 Å². The second kappa shape index (κ2) is 7.68. The zero-order valence-electron chi connectivity index (χ0n) is 14.1. The van der Waals surface area contributed by atoms with E-state index in [4.69, 9.17) is 9.47 Å². The first-order valence-corrected chi connectivity index (χ1v) is 9.95. The van der Waals surface area contributed by atoms with E-state index < -0.39 is 0 Å². The molecular formula is C20H25NO2S. The summed E-state index contributed by atoms with van der Waals surface area (Å²) in [4.78, 5) is 3.99. The lowest BCUT2D eigenvalue weighted by Gasteiger charge is -2.27. The van der Waals surface area contributed by atoms with Gasteiger partial charge in [-0.2, -0.15) is 0 Å². The molecule has 2 aliphatic heterocycles. The van der Waals surface area contributed by atoms with Gasteiger partial charge < -0.3 is 14.4 Å². The minimum atomic E-state index is 0.0203. The van der Waals surface area contributed by atoms with Crippen molar-refractivity contribution in [3.8, 4) is 0 Å². The van der Waals surface area contributed by atoms with Crippen molar-refractivity contribution in [3.05, 3.63) is 46.2 Å². The molecule has 0 aliphatic carbocycles. The van der Waals surface area contributed by atoms with Gasteiger partial charge in [0.1, 0.15) is 0 Å². The Kier molecular flexibility index (Phi) is 5.16. The molecule has 1 aromatic carbocycles. The Balaban J connectivity index is 1.42. The van der Waals surface area contributed by atoms with Gasteiger partial charge in [0.2, 0.25) is 0 Å². The Morgan fingerprint density at radius 1 is 1.12 bits per heavy atom. The first kappa shape index (κ1) is 16.1. The summed E-state index contributed by atoms with van der Waals surface area (Å²) >= 11 is 1.88. The Bertz CT molecular complexity index is 663. The number of rotatable bonds is 5. The van der Waals surface area contributed by atoms with Gasteiger partial charge in [-0.05, 0) is 61.6 Å². The Labute approximate surface area is 148 Å². The van der Waals surface area contributed by atoms with Crippen LogP contribution in [0.2, 0.25) is 0 Å². The van der Waals surface area contributed by atoms with Crippen LogP contribution in [0.4, 0.5) is 11.4 Å². The van der Waals surface area contributed by atoms with Crippen LogP contribution in [-0.4, -0.2) is 26.0 Å². The van der Waals surface area contributed by atoms with E-state index in [9.17, 15) is 0 Å². The number of nitrogens with zero attached hydrogens (tertiary/aromatic N) is 1. The van der Waals surface area contributed by atoms with Crippen molar-refractivity contribution in [3.63, 3.8) is 0 Å². The molecule has 3 heterocycles. The quantitative estimate of drug-likeness (QED) is 0.719. The van der Waals surface area contributed by atoms with Crippen molar-refractivity contribution in [1.82, 2.24) is 0 Å². The SMILES string of the molecule is c1ccc2c(c1)CCc1sccc1N2CCCOC1CCCCO1. The molecular weight excluding hydrogens is 318 g/mol. The molecule has 0 N–H and O–H groups in total. The molecule has 4 rings (SSSR count). The maximum Gasteiger partial charge on any atom is 0.157 e. The molecule has 1 fully saturated rings. The van der Waals surface area contributed by atoms with E-state index in [0.717, 1.165) is 45.4 Å². The molecule has 0 spiro atoms. The highest BCUT2D eigenvalue weighted by Crippen LogP contribution is 2.38. The Morgan fingerprint density at radius 3 is 3.00 bits per heavy atom. The van der Waals surface area contributed by atoms with Crippen molar-refractivity contribution in [2.24, 2.45) is 0 Å². The Morgan fingerprint density at radius 2 is 2.08 bits per heavy atom. The zero-order valence-corrected chi connectivity index (χ0v) is 14.9. The number of fused-ring (bicyclic) bond motifs is 2. The molecule has 1 unspecified atom stereocenters. The van der Waals surface area contributed by atoms with Crippen LogP contribution < -0.4 is 4.90 Å². The van der Waals surface area contributed by atoms with Crippen molar-refractivity contribution in [1.29, 1.82) is 0 Å². The summed E-state index contributed by atoms with van der Waals surface area (Å²) in [5, 5.41) is 2.22. The molecule has 2 aromatic rings. The van der Waals surface area contributed by atoms with Gasteiger partial charge in [-0.25, -0.2) is 0 Å². The van der Waals surface area contributed by atoms with Gasteiger partial charge in [-0.15, -0.1) is 11.3 Å². The number of benzene rings is 1. The number of aryl methyl sites for hydroxylation is 2. The van der Waals surface area contributed by atoms with Gasteiger partial charge in [-0.1, -0.05) is 18.2 Å². The summed E-state index contributed by atoms with van der Waals surface area (Å²) in [5.41, 5.74) is 4.21. The molecule has 1 atom stereocenters. The fraction of sp³-hybridized carbons (Fsp3) is 0.500. The van der Waals surface area contributed by atoms with Crippen LogP contribution in [-0.2, 0) is 22.3 Å². The van der Waals surface area contributed by atoms with E-state index in [1.807, 2.05) is 11.3 Å². The van der Waals surface area contributed by atoms with Crippen molar-refractivity contribution in [2.45, 2.75) is 44.8 Å². The van der Waals surface area contributed by atoms with E-state index in [2.05, 4.69) is 40.6 Å². The van der Waals surface area contributed by atoms with Gasteiger partial charge in [0, 0.05) is 23.7 Å². The minimum absolute atomic E-state index is 0.0203. The lowest BCUT2D eigenvalue weighted by molar-refractivity contribution is -0.162. The molecule has 24 heavy (non-hydrogen) atoms. The predicted molar refractivity (Wildman–Crippen MR) is 99.3 cm³/mol. The van der Waals surface area contributed by atoms with Gasteiger partial charge >= 0.3 is 0 Å². The molecule has 0 radical (unpaired) electrons. The average Bonchev–Trinajstić information content (AvgIpc) is 3.04. The molecule has 1 saturated heterocycles. The van der Waals surface area contributed by atoms with Crippen LogP contribution in [0.5, 0.6) is 0 Å². The molecule has 128 valence electrons. The molecule has 2 aliphatic rings. The van der Waals surface area contributed by atoms with Crippen LogP contribution in [0.25, 0.3) is 0 Å². The summed E-state index contributed by atoms with van der Waals surface area (Å²) < 4.78 is 11.6. The molecule has 0 bridgehead atoms. The fourth-order valence-electron chi connectivity index (χ4n) is 3.65. The first-order chi connectivity index (χ1) is 11.9. The summed E-state index contributed by atoms with van der Waals surface area (Å²) in [6.07, 6.45) is 6.75. The van der Waals surface area contributed by atoms with E-state index in [1.54, 1.807) is 0 Å². The van der Waals surface area contributed by atoms with Gasteiger partial charge in [-0.3, -0.25) is 0 Å².